The Balaban J connectivity index is 2.53. The molecule has 1 unspecified atom stereocenters. The number of pyridine rings is 1. The lowest BCUT2D eigenvalue weighted by Gasteiger charge is -2.12. The molecule has 0 saturated heterocycles. The molecular formula is C9H14N2O2. The summed E-state index contributed by atoms with van der Waals surface area (Å²) < 4.78 is 10.3. The normalized spacial score (nSPS) is 12.5. The van der Waals surface area contributed by atoms with E-state index in [4.69, 9.17) is 15.2 Å². The topological polar surface area (TPSA) is 57.4 Å². The van der Waals surface area contributed by atoms with E-state index in [1.165, 1.54) is 0 Å². The van der Waals surface area contributed by atoms with Crippen molar-refractivity contribution in [1.29, 1.82) is 0 Å². The molecule has 0 radical (unpaired) electrons. The second-order valence-corrected chi connectivity index (χ2v) is 2.81. The fraction of sp³-hybridized carbons (Fsp3) is 0.444. The number of methoxy groups -OCH3 is 1. The van der Waals surface area contributed by atoms with E-state index in [2.05, 4.69) is 4.98 Å². The first-order valence-electron chi connectivity index (χ1n) is 4.09. The Morgan fingerprint density at radius 3 is 3.00 bits per heavy atom. The molecule has 0 amide bonds. The molecule has 1 rings (SSSR count). The number of nitrogens with two attached hydrogens (primary N) is 1. The quantitative estimate of drug-likeness (QED) is 0.757. The van der Waals surface area contributed by atoms with Gasteiger partial charge in [-0.15, -0.1) is 0 Å². The van der Waals surface area contributed by atoms with Crippen molar-refractivity contribution < 1.29 is 9.47 Å². The third-order valence-corrected chi connectivity index (χ3v) is 1.48. The molecule has 4 nitrogen and oxygen atoms in total. The summed E-state index contributed by atoms with van der Waals surface area (Å²) in [7, 11) is 1.63. The molecule has 2 N–H and O–H groups in total. The van der Waals surface area contributed by atoms with Gasteiger partial charge in [-0.3, -0.25) is 0 Å². The van der Waals surface area contributed by atoms with Gasteiger partial charge in [0.15, 0.2) is 0 Å². The number of nitrogen functional groups attached to an aromatic ring is 1. The van der Waals surface area contributed by atoms with E-state index in [0.29, 0.717) is 18.2 Å². The van der Waals surface area contributed by atoms with Crippen LogP contribution in [0.4, 0.5) is 5.69 Å². The van der Waals surface area contributed by atoms with Gasteiger partial charge in [-0.25, -0.2) is 4.98 Å². The van der Waals surface area contributed by atoms with Crippen molar-refractivity contribution in [2.45, 2.75) is 13.0 Å². The zero-order valence-corrected chi connectivity index (χ0v) is 7.86. The molecule has 1 aromatic heterocycles. The van der Waals surface area contributed by atoms with Crippen LogP contribution >= 0.6 is 0 Å². The first-order chi connectivity index (χ1) is 6.22. The summed E-state index contributed by atoms with van der Waals surface area (Å²) >= 11 is 0. The molecule has 1 atom stereocenters. The van der Waals surface area contributed by atoms with Gasteiger partial charge in [0, 0.05) is 25.1 Å². The maximum absolute atomic E-state index is 5.56. The van der Waals surface area contributed by atoms with E-state index in [0.717, 1.165) is 0 Å². The van der Waals surface area contributed by atoms with E-state index >= 15 is 0 Å². The Bertz CT molecular complexity index is 266. The van der Waals surface area contributed by atoms with Gasteiger partial charge in [0.2, 0.25) is 5.88 Å². The number of aromatic nitrogens is 1. The predicted molar refractivity (Wildman–Crippen MR) is 50.6 cm³/mol. The van der Waals surface area contributed by atoms with Crippen molar-refractivity contribution in [2.75, 3.05) is 19.5 Å². The molecule has 0 bridgehead atoms. The van der Waals surface area contributed by atoms with Crippen LogP contribution < -0.4 is 10.5 Å². The van der Waals surface area contributed by atoms with Crippen molar-refractivity contribution in [3.05, 3.63) is 18.3 Å². The molecular weight excluding hydrogens is 168 g/mol. The molecule has 1 heterocycles. The minimum atomic E-state index is -0.0145. The molecule has 0 aliphatic carbocycles. The van der Waals surface area contributed by atoms with Crippen LogP contribution in [0.2, 0.25) is 0 Å². The number of nitrogens with zero attached hydrogens (tertiary/aromatic N) is 1. The minimum absolute atomic E-state index is 0.0145. The molecule has 0 aliphatic rings. The van der Waals surface area contributed by atoms with Crippen LogP contribution in [0, 0.1) is 0 Å². The molecule has 0 aliphatic heterocycles. The highest BCUT2D eigenvalue weighted by Gasteiger charge is 2.03. The largest absolute Gasteiger partial charge is 0.472 e. The number of anilines is 1. The lowest BCUT2D eigenvalue weighted by atomic mass is 10.4. The van der Waals surface area contributed by atoms with Gasteiger partial charge in [-0.1, -0.05) is 0 Å². The summed E-state index contributed by atoms with van der Waals surface area (Å²) in [6.07, 6.45) is 1.60. The van der Waals surface area contributed by atoms with Crippen LogP contribution in [0.25, 0.3) is 0 Å². The fourth-order valence-electron chi connectivity index (χ4n) is 0.964. The highest BCUT2D eigenvalue weighted by Crippen LogP contribution is 2.11. The summed E-state index contributed by atoms with van der Waals surface area (Å²) in [5, 5.41) is 0. The van der Waals surface area contributed by atoms with Gasteiger partial charge in [0.1, 0.15) is 6.10 Å². The molecule has 4 heteroatoms. The van der Waals surface area contributed by atoms with Crippen LogP contribution in [0.15, 0.2) is 18.3 Å². The van der Waals surface area contributed by atoms with Crippen molar-refractivity contribution in [2.24, 2.45) is 0 Å². The minimum Gasteiger partial charge on any atom is -0.472 e. The van der Waals surface area contributed by atoms with E-state index in [-0.39, 0.29) is 6.10 Å². The standard InChI is InChI=1S/C9H14N2O2/c1-7(6-12-2)13-9-5-8(10)3-4-11-9/h3-5,7H,6H2,1-2H3,(H2,10,11). The highest BCUT2D eigenvalue weighted by molar-refractivity contribution is 5.39. The lowest BCUT2D eigenvalue weighted by molar-refractivity contribution is 0.0890. The second kappa shape index (κ2) is 4.67. The number of rotatable bonds is 4. The van der Waals surface area contributed by atoms with Crippen LogP contribution in [0.1, 0.15) is 6.92 Å². The summed E-state index contributed by atoms with van der Waals surface area (Å²) in [4.78, 5) is 4.00. The smallest absolute Gasteiger partial charge is 0.215 e. The van der Waals surface area contributed by atoms with Gasteiger partial charge in [-0.2, -0.15) is 0 Å². The van der Waals surface area contributed by atoms with Crippen LogP contribution in [0.3, 0.4) is 0 Å². The van der Waals surface area contributed by atoms with E-state index in [9.17, 15) is 0 Å². The van der Waals surface area contributed by atoms with Gasteiger partial charge < -0.3 is 15.2 Å². The van der Waals surface area contributed by atoms with Gasteiger partial charge in [-0.05, 0) is 13.0 Å². The molecule has 0 spiro atoms. The number of hydrogen-bond acceptors (Lipinski definition) is 4. The Kier molecular flexibility index (Phi) is 3.52. The maximum atomic E-state index is 5.56. The summed E-state index contributed by atoms with van der Waals surface area (Å²) in [6.45, 7) is 2.45. The Morgan fingerprint density at radius 1 is 1.62 bits per heavy atom. The summed E-state index contributed by atoms with van der Waals surface area (Å²) in [5.74, 6) is 0.532. The third kappa shape index (κ3) is 3.29. The molecule has 0 fully saturated rings. The fourth-order valence-corrected chi connectivity index (χ4v) is 0.964. The van der Waals surface area contributed by atoms with Crippen LogP contribution in [-0.2, 0) is 4.74 Å². The summed E-state index contributed by atoms with van der Waals surface area (Å²) in [5.41, 5.74) is 6.20. The van der Waals surface area contributed by atoms with E-state index < -0.39 is 0 Å². The summed E-state index contributed by atoms with van der Waals surface area (Å²) in [6, 6.07) is 3.40. The molecule has 0 aromatic carbocycles. The highest BCUT2D eigenvalue weighted by atomic mass is 16.5. The van der Waals surface area contributed by atoms with Crippen molar-refractivity contribution in [3.8, 4) is 5.88 Å². The van der Waals surface area contributed by atoms with Gasteiger partial charge in [0.05, 0.1) is 6.61 Å². The zero-order chi connectivity index (χ0) is 9.68. The molecule has 1 aromatic rings. The first-order valence-corrected chi connectivity index (χ1v) is 4.09. The maximum Gasteiger partial charge on any atom is 0.215 e. The lowest BCUT2D eigenvalue weighted by Crippen LogP contribution is -2.18. The van der Waals surface area contributed by atoms with Crippen molar-refractivity contribution in [3.63, 3.8) is 0 Å². The van der Waals surface area contributed by atoms with Crippen molar-refractivity contribution in [1.82, 2.24) is 4.98 Å². The van der Waals surface area contributed by atoms with Crippen molar-refractivity contribution >= 4 is 5.69 Å². The number of ether oxygens (including phenoxy) is 2. The predicted octanol–water partition coefficient (Wildman–Crippen LogP) is 1.08. The second-order valence-electron chi connectivity index (χ2n) is 2.81. The van der Waals surface area contributed by atoms with Gasteiger partial charge in [0.25, 0.3) is 0 Å². The van der Waals surface area contributed by atoms with Gasteiger partial charge >= 0.3 is 0 Å². The first kappa shape index (κ1) is 9.80. The SMILES string of the molecule is COCC(C)Oc1cc(N)ccn1. The third-order valence-electron chi connectivity index (χ3n) is 1.48. The van der Waals surface area contributed by atoms with E-state index in [1.54, 1.807) is 25.4 Å². The molecule has 0 saturated carbocycles. The average molecular weight is 182 g/mol. The molecule has 72 valence electrons. The zero-order valence-electron chi connectivity index (χ0n) is 7.86. The Morgan fingerprint density at radius 2 is 2.38 bits per heavy atom. The Labute approximate surface area is 77.7 Å². The number of hydrogen-bond donors (Lipinski definition) is 1. The van der Waals surface area contributed by atoms with Crippen LogP contribution in [-0.4, -0.2) is 24.8 Å². The Hall–Kier alpha value is -1.29. The van der Waals surface area contributed by atoms with Crippen LogP contribution in [0.5, 0.6) is 5.88 Å². The molecule has 13 heavy (non-hydrogen) atoms. The monoisotopic (exact) mass is 182 g/mol. The van der Waals surface area contributed by atoms with E-state index in [1.807, 2.05) is 6.92 Å². The average Bonchev–Trinajstić information content (AvgIpc) is 2.04.